The molecule has 0 aromatic carbocycles. The molecule has 6 nitrogen and oxygen atoms in total. The van der Waals surface area contributed by atoms with Gasteiger partial charge in [0.05, 0.1) is 0 Å². The molecule has 1 atom stereocenters. The Hall–Kier alpha value is -1.61. The Morgan fingerprint density at radius 1 is 1.38 bits per heavy atom. The Morgan fingerprint density at radius 3 is 2.57 bits per heavy atom. The van der Waals surface area contributed by atoms with Gasteiger partial charge in [-0.25, -0.2) is 10.8 Å². The molecule has 0 aliphatic heterocycles. The highest BCUT2D eigenvalue weighted by Crippen LogP contribution is 2.29. The molecular weight excluding hydrogens is 285 g/mol. The number of halogens is 3. The number of hydrazine groups is 1. The molecule has 21 heavy (non-hydrogen) atoms. The van der Waals surface area contributed by atoms with Crippen molar-refractivity contribution in [1.29, 1.82) is 0 Å². The lowest BCUT2D eigenvalue weighted by atomic mass is 10.2. The summed E-state index contributed by atoms with van der Waals surface area (Å²) in [7, 11) is 1.96. The van der Waals surface area contributed by atoms with Crippen LogP contribution in [0.4, 0.5) is 24.9 Å². The minimum atomic E-state index is -4.54. The quantitative estimate of drug-likeness (QED) is 0.528. The van der Waals surface area contributed by atoms with Gasteiger partial charge in [-0.2, -0.15) is 18.2 Å². The van der Waals surface area contributed by atoms with Crippen molar-refractivity contribution in [1.82, 2.24) is 14.9 Å². The van der Waals surface area contributed by atoms with Crippen LogP contribution in [0.15, 0.2) is 6.07 Å². The average molecular weight is 306 g/mol. The third-order valence-electron chi connectivity index (χ3n) is 3.26. The molecule has 1 aromatic heterocycles. The number of nitrogens with two attached hydrogens (primary N) is 1. The van der Waals surface area contributed by atoms with E-state index in [1.165, 1.54) is 0 Å². The van der Waals surface area contributed by atoms with Crippen LogP contribution in [0, 0.1) is 0 Å². The molecule has 1 unspecified atom stereocenters. The minimum Gasteiger partial charge on any atom is -0.369 e. The van der Waals surface area contributed by atoms with E-state index in [-0.39, 0.29) is 11.8 Å². The molecule has 0 radical (unpaired) electrons. The van der Waals surface area contributed by atoms with Gasteiger partial charge >= 0.3 is 6.18 Å². The number of nitrogens with one attached hydrogen (secondary N) is 2. The predicted octanol–water partition coefficient (Wildman–Crippen LogP) is 1.92. The fourth-order valence-corrected chi connectivity index (χ4v) is 1.64. The van der Waals surface area contributed by atoms with Crippen molar-refractivity contribution in [3.8, 4) is 0 Å². The number of anilines is 2. The summed E-state index contributed by atoms with van der Waals surface area (Å²) in [5, 5.41) is 2.85. The van der Waals surface area contributed by atoms with Gasteiger partial charge in [-0.1, -0.05) is 6.92 Å². The van der Waals surface area contributed by atoms with Gasteiger partial charge < -0.3 is 10.2 Å². The van der Waals surface area contributed by atoms with E-state index >= 15 is 0 Å². The van der Waals surface area contributed by atoms with Crippen LogP contribution in [0.2, 0.25) is 0 Å². The van der Waals surface area contributed by atoms with Crippen molar-refractivity contribution in [2.45, 2.75) is 32.5 Å². The lowest BCUT2D eigenvalue weighted by Gasteiger charge is -2.23. The van der Waals surface area contributed by atoms with Crippen molar-refractivity contribution < 1.29 is 13.2 Å². The number of aromatic nitrogens is 2. The fraction of sp³-hybridized carbons (Fsp3) is 0.667. The van der Waals surface area contributed by atoms with Crippen molar-refractivity contribution in [3.63, 3.8) is 0 Å². The molecule has 0 aliphatic carbocycles. The maximum atomic E-state index is 12.7. The Bertz CT molecular complexity index is 451. The molecule has 0 saturated heterocycles. The van der Waals surface area contributed by atoms with Gasteiger partial charge in [0, 0.05) is 25.2 Å². The lowest BCUT2D eigenvalue weighted by Crippen LogP contribution is -2.32. The number of hydrogen-bond donors (Lipinski definition) is 3. The second-order valence-electron chi connectivity index (χ2n) is 4.77. The summed E-state index contributed by atoms with van der Waals surface area (Å²) in [5.74, 6) is 4.90. The highest BCUT2D eigenvalue weighted by Gasteiger charge is 2.33. The molecule has 0 aliphatic rings. The number of likely N-dealkylation sites (N-methyl/N-ethyl adjacent to an activating group) is 1. The number of nitrogen functional groups attached to an aromatic ring is 1. The highest BCUT2D eigenvalue weighted by molar-refractivity contribution is 5.42. The van der Waals surface area contributed by atoms with Gasteiger partial charge in [-0.15, -0.1) is 0 Å². The molecule has 1 rings (SSSR count). The molecule has 1 heterocycles. The first-order valence-electron chi connectivity index (χ1n) is 6.65. The summed E-state index contributed by atoms with van der Waals surface area (Å²) in [6, 6.07) is 1.27. The number of alkyl halides is 3. The van der Waals surface area contributed by atoms with Crippen LogP contribution in [0.5, 0.6) is 0 Å². The summed E-state index contributed by atoms with van der Waals surface area (Å²) in [5.41, 5.74) is 0.995. The Labute approximate surface area is 121 Å². The Morgan fingerprint density at radius 2 is 2.05 bits per heavy atom. The first-order chi connectivity index (χ1) is 9.77. The van der Waals surface area contributed by atoms with Crippen LogP contribution in [0.25, 0.3) is 0 Å². The van der Waals surface area contributed by atoms with Gasteiger partial charge in [-0.3, -0.25) is 5.43 Å². The van der Waals surface area contributed by atoms with E-state index in [1.807, 2.05) is 12.5 Å². The first kappa shape index (κ1) is 17.4. The van der Waals surface area contributed by atoms with E-state index < -0.39 is 11.9 Å². The molecule has 0 bridgehead atoms. The van der Waals surface area contributed by atoms with Crippen LogP contribution in [0.3, 0.4) is 0 Å². The van der Waals surface area contributed by atoms with Crippen molar-refractivity contribution in [3.05, 3.63) is 11.8 Å². The maximum absolute atomic E-state index is 12.7. The largest absolute Gasteiger partial charge is 0.433 e. The Balaban J connectivity index is 2.71. The third kappa shape index (κ3) is 5.35. The molecule has 0 fully saturated rings. The van der Waals surface area contributed by atoms with Gasteiger partial charge in [0.25, 0.3) is 0 Å². The smallest absolute Gasteiger partial charge is 0.369 e. The standard InChI is InChI=1S/C12H21F3N6/c1-4-8(2)21(3)6-5-17-10-7-9(12(13,14)15)18-11(19-10)20-16/h7-8H,4-6,16H2,1-3H3,(H2,17,18,19,20). The van der Waals surface area contributed by atoms with E-state index in [0.29, 0.717) is 19.1 Å². The number of nitrogens with zero attached hydrogens (tertiary/aromatic N) is 3. The van der Waals surface area contributed by atoms with E-state index in [0.717, 1.165) is 12.5 Å². The highest BCUT2D eigenvalue weighted by atomic mass is 19.4. The topological polar surface area (TPSA) is 79.1 Å². The normalized spacial score (nSPS) is 13.3. The summed E-state index contributed by atoms with van der Waals surface area (Å²) in [6.45, 7) is 5.32. The van der Waals surface area contributed by atoms with Gasteiger partial charge in [0.2, 0.25) is 5.95 Å². The van der Waals surface area contributed by atoms with E-state index in [2.05, 4.69) is 34.0 Å². The second kappa shape index (κ2) is 7.41. The molecule has 1 aromatic rings. The summed E-state index contributed by atoms with van der Waals surface area (Å²) in [6.07, 6.45) is -3.54. The SMILES string of the molecule is CCC(C)N(C)CCNc1cc(C(F)(F)F)nc(NN)n1. The van der Waals surface area contributed by atoms with Crippen LogP contribution < -0.4 is 16.6 Å². The van der Waals surface area contributed by atoms with E-state index in [1.54, 1.807) is 0 Å². The van der Waals surface area contributed by atoms with Crippen LogP contribution in [0.1, 0.15) is 26.0 Å². The second-order valence-corrected chi connectivity index (χ2v) is 4.77. The molecule has 0 amide bonds. The summed E-state index contributed by atoms with van der Waals surface area (Å²) >= 11 is 0. The lowest BCUT2D eigenvalue weighted by molar-refractivity contribution is -0.141. The predicted molar refractivity (Wildman–Crippen MR) is 75.7 cm³/mol. The fourth-order valence-electron chi connectivity index (χ4n) is 1.64. The number of hydrogen-bond acceptors (Lipinski definition) is 6. The van der Waals surface area contributed by atoms with Crippen molar-refractivity contribution in [2.24, 2.45) is 5.84 Å². The average Bonchev–Trinajstić information content (AvgIpc) is 2.44. The first-order valence-corrected chi connectivity index (χ1v) is 6.65. The van der Waals surface area contributed by atoms with Crippen molar-refractivity contribution in [2.75, 3.05) is 30.9 Å². The van der Waals surface area contributed by atoms with Crippen LogP contribution >= 0.6 is 0 Å². The van der Waals surface area contributed by atoms with E-state index in [4.69, 9.17) is 5.84 Å². The molecule has 0 saturated carbocycles. The minimum absolute atomic E-state index is 0.0860. The van der Waals surface area contributed by atoms with Gasteiger partial charge in [0.1, 0.15) is 5.82 Å². The van der Waals surface area contributed by atoms with Crippen LogP contribution in [-0.4, -0.2) is 41.0 Å². The summed E-state index contributed by atoms with van der Waals surface area (Å²) in [4.78, 5) is 9.25. The third-order valence-corrected chi connectivity index (χ3v) is 3.26. The zero-order valence-electron chi connectivity index (χ0n) is 12.3. The number of rotatable bonds is 7. The van der Waals surface area contributed by atoms with Gasteiger partial charge in [-0.05, 0) is 20.4 Å². The van der Waals surface area contributed by atoms with Gasteiger partial charge in [0.15, 0.2) is 5.69 Å². The zero-order valence-corrected chi connectivity index (χ0v) is 12.3. The maximum Gasteiger partial charge on any atom is 0.433 e. The summed E-state index contributed by atoms with van der Waals surface area (Å²) < 4.78 is 38.1. The molecule has 4 N–H and O–H groups in total. The van der Waals surface area contributed by atoms with Crippen LogP contribution in [-0.2, 0) is 6.18 Å². The van der Waals surface area contributed by atoms with E-state index in [9.17, 15) is 13.2 Å². The van der Waals surface area contributed by atoms with Crippen molar-refractivity contribution >= 4 is 11.8 Å². The molecule has 9 heteroatoms. The molecule has 0 spiro atoms. The zero-order chi connectivity index (χ0) is 16.0. The Kier molecular flexibility index (Phi) is 6.16. The molecule has 120 valence electrons. The monoisotopic (exact) mass is 306 g/mol. The molecular formula is C12H21F3N6.